The van der Waals surface area contributed by atoms with Crippen LogP contribution in [0.5, 0.6) is 0 Å². The number of unbranched alkanes of at least 4 members (excludes halogenated alkanes) is 2. The monoisotopic (exact) mass is 488 g/mol. The Hall–Kier alpha value is -2.77. The highest BCUT2D eigenvalue weighted by Crippen LogP contribution is 2.07. The third kappa shape index (κ3) is 12.5. The summed E-state index contributed by atoms with van der Waals surface area (Å²) in [7, 11) is 0. The summed E-state index contributed by atoms with van der Waals surface area (Å²) in [5.41, 5.74) is 16.7. The molecule has 0 aliphatic heterocycles. The molecule has 34 heavy (non-hydrogen) atoms. The van der Waals surface area contributed by atoms with Crippen LogP contribution in [-0.2, 0) is 24.0 Å². The van der Waals surface area contributed by atoms with Gasteiger partial charge in [-0.05, 0) is 57.5 Å². The third-order valence-corrected chi connectivity index (χ3v) is 5.17. The summed E-state index contributed by atoms with van der Waals surface area (Å²) >= 11 is 0. The Morgan fingerprint density at radius 2 is 1.15 bits per heavy atom. The van der Waals surface area contributed by atoms with E-state index in [1.165, 1.54) is 0 Å². The molecule has 0 saturated heterocycles. The number of carbonyl (C=O) groups is 5. The zero-order valence-corrected chi connectivity index (χ0v) is 19.9. The van der Waals surface area contributed by atoms with E-state index in [4.69, 9.17) is 22.3 Å². The van der Waals surface area contributed by atoms with Gasteiger partial charge in [0.2, 0.25) is 17.7 Å². The largest absolute Gasteiger partial charge is 0.481 e. The summed E-state index contributed by atoms with van der Waals surface area (Å²) in [5.74, 6) is -5.15. The molecule has 0 aliphatic carbocycles. The van der Waals surface area contributed by atoms with Gasteiger partial charge in [0.25, 0.3) is 0 Å². The van der Waals surface area contributed by atoms with Crippen LogP contribution in [0.25, 0.3) is 0 Å². The van der Waals surface area contributed by atoms with Crippen LogP contribution < -0.4 is 33.2 Å². The molecule has 4 unspecified atom stereocenters. The second-order valence-corrected chi connectivity index (χ2v) is 8.46. The number of aliphatic carboxylic acids is 2. The van der Waals surface area contributed by atoms with E-state index >= 15 is 0 Å². The van der Waals surface area contributed by atoms with Crippen molar-refractivity contribution in [2.75, 3.05) is 13.1 Å². The van der Waals surface area contributed by atoms with Gasteiger partial charge in [-0.3, -0.25) is 19.2 Å². The molecule has 0 aromatic rings. The van der Waals surface area contributed by atoms with Gasteiger partial charge >= 0.3 is 11.9 Å². The molecule has 13 heteroatoms. The van der Waals surface area contributed by atoms with Gasteiger partial charge in [-0.25, -0.2) is 4.79 Å². The van der Waals surface area contributed by atoms with Crippen LogP contribution in [-0.4, -0.2) is 77.1 Å². The van der Waals surface area contributed by atoms with Crippen molar-refractivity contribution in [2.24, 2.45) is 23.1 Å². The average Bonchev–Trinajstić information content (AvgIpc) is 2.76. The maximum absolute atomic E-state index is 12.8. The highest BCUT2D eigenvalue weighted by atomic mass is 16.4. The van der Waals surface area contributed by atoms with Gasteiger partial charge < -0.3 is 43.4 Å². The molecule has 0 fully saturated rings. The zero-order chi connectivity index (χ0) is 26.3. The Morgan fingerprint density at radius 3 is 1.59 bits per heavy atom. The molecule has 0 aromatic carbocycles. The molecule has 3 amide bonds. The molecule has 13 nitrogen and oxygen atoms in total. The molecule has 0 saturated carbocycles. The van der Waals surface area contributed by atoms with Gasteiger partial charge in [-0.15, -0.1) is 0 Å². The fourth-order valence-electron chi connectivity index (χ4n) is 3.01. The van der Waals surface area contributed by atoms with E-state index in [0.29, 0.717) is 38.8 Å². The van der Waals surface area contributed by atoms with Crippen molar-refractivity contribution in [1.82, 2.24) is 16.0 Å². The first kappa shape index (κ1) is 31.2. The van der Waals surface area contributed by atoms with Crippen LogP contribution in [0, 0.1) is 5.92 Å². The molecule has 0 rings (SSSR count). The van der Waals surface area contributed by atoms with Gasteiger partial charge in [0.15, 0.2) is 0 Å². The zero-order valence-electron chi connectivity index (χ0n) is 19.9. The summed E-state index contributed by atoms with van der Waals surface area (Å²) in [4.78, 5) is 60.7. The Labute approximate surface area is 199 Å². The molecular weight excluding hydrogens is 448 g/mol. The van der Waals surface area contributed by atoms with E-state index in [1.54, 1.807) is 13.8 Å². The maximum atomic E-state index is 12.8. The van der Waals surface area contributed by atoms with Crippen molar-refractivity contribution in [1.29, 1.82) is 0 Å². The number of rotatable bonds is 18. The second-order valence-electron chi connectivity index (χ2n) is 8.46. The lowest BCUT2D eigenvalue weighted by molar-refractivity contribution is -0.143. The SMILES string of the molecule is CC(C)C(N)C(=O)NC(CC(=O)O)C(=O)NC(CCCCN)C(=O)NC(CCCCN)C(=O)O. The molecular formula is C21H40N6O7. The Bertz CT molecular complexity index is 689. The quantitative estimate of drug-likeness (QED) is 0.101. The van der Waals surface area contributed by atoms with Crippen LogP contribution in [0.2, 0.25) is 0 Å². The fourth-order valence-corrected chi connectivity index (χ4v) is 3.01. The molecule has 4 atom stereocenters. The number of nitrogens with one attached hydrogen (secondary N) is 3. The van der Waals surface area contributed by atoms with Crippen LogP contribution in [0.15, 0.2) is 0 Å². The van der Waals surface area contributed by atoms with E-state index in [0.717, 1.165) is 0 Å². The summed E-state index contributed by atoms with van der Waals surface area (Å²) in [6, 6.07) is -4.76. The molecule has 0 spiro atoms. The van der Waals surface area contributed by atoms with Gasteiger partial charge in [-0.2, -0.15) is 0 Å². The third-order valence-electron chi connectivity index (χ3n) is 5.17. The lowest BCUT2D eigenvalue weighted by atomic mass is 10.0. The van der Waals surface area contributed by atoms with E-state index < -0.39 is 60.2 Å². The van der Waals surface area contributed by atoms with Crippen molar-refractivity contribution in [3.8, 4) is 0 Å². The van der Waals surface area contributed by atoms with E-state index in [1.807, 2.05) is 0 Å². The topological polar surface area (TPSA) is 240 Å². The number of carboxylic acids is 2. The van der Waals surface area contributed by atoms with Gasteiger partial charge in [0.1, 0.15) is 18.1 Å². The van der Waals surface area contributed by atoms with Crippen LogP contribution in [0.3, 0.4) is 0 Å². The highest BCUT2D eigenvalue weighted by Gasteiger charge is 2.31. The van der Waals surface area contributed by atoms with E-state index in [9.17, 15) is 29.1 Å². The normalized spacial score (nSPS) is 14.5. The minimum atomic E-state index is -1.47. The smallest absolute Gasteiger partial charge is 0.326 e. The predicted molar refractivity (Wildman–Crippen MR) is 124 cm³/mol. The summed E-state index contributed by atoms with van der Waals surface area (Å²) in [6.07, 6.45) is 1.66. The first-order valence-electron chi connectivity index (χ1n) is 11.5. The number of hydrogen-bond donors (Lipinski definition) is 8. The number of carboxylic acid groups (broad SMARTS) is 2. The summed E-state index contributed by atoms with van der Waals surface area (Å²) in [6.45, 7) is 4.13. The lowest BCUT2D eigenvalue weighted by Gasteiger charge is -2.25. The second kappa shape index (κ2) is 16.8. The summed E-state index contributed by atoms with van der Waals surface area (Å²) < 4.78 is 0. The van der Waals surface area contributed by atoms with Crippen molar-refractivity contribution in [3.05, 3.63) is 0 Å². The van der Waals surface area contributed by atoms with Crippen molar-refractivity contribution < 1.29 is 34.2 Å². The Balaban J connectivity index is 5.49. The number of carbonyl (C=O) groups excluding carboxylic acids is 3. The van der Waals surface area contributed by atoms with Crippen LogP contribution in [0.1, 0.15) is 58.8 Å². The van der Waals surface area contributed by atoms with Gasteiger partial charge in [0.05, 0.1) is 12.5 Å². The van der Waals surface area contributed by atoms with Crippen molar-refractivity contribution in [2.45, 2.75) is 83.0 Å². The molecule has 0 radical (unpaired) electrons. The van der Waals surface area contributed by atoms with Crippen molar-refractivity contribution in [3.63, 3.8) is 0 Å². The van der Waals surface area contributed by atoms with Crippen LogP contribution in [0.4, 0.5) is 0 Å². The Kier molecular flexibility index (Phi) is 15.4. The molecule has 0 aromatic heterocycles. The van der Waals surface area contributed by atoms with Gasteiger partial charge in [-0.1, -0.05) is 13.8 Å². The summed E-state index contributed by atoms with van der Waals surface area (Å²) in [5, 5.41) is 25.7. The molecule has 0 bridgehead atoms. The van der Waals surface area contributed by atoms with Gasteiger partial charge in [0, 0.05) is 0 Å². The minimum Gasteiger partial charge on any atom is -0.481 e. The first-order chi connectivity index (χ1) is 15.9. The van der Waals surface area contributed by atoms with E-state index in [-0.39, 0.29) is 18.8 Å². The molecule has 0 aliphatic rings. The lowest BCUT2D eigenvalue weighted by Crippen LogP contribution is -2.57. The molecule has 196 valence electrons. The Morgan fingerprint density at radius 1 is 0.706 bits per heavy atom. The predicted octanol–water partition coefficient (Wildman–Crippen LogP) is -1.76. The number of nitrogens with two attached hydrogens (primary N) is 3. The standard InChI is InChI=1S/C21H40N6O7/c1-12(2)17(24)20(32)27-15(11-16(28)29)19(31)25-13(7-3-5-9-22)18(30)26-14(21(33)34)8-4-6-10-23/h12-15,17H,3-11,22-24H2,1-2H3,(H,25,31)(H,26,30)(H,27,32)(H,28,29)(H,33,34). The first-order valence-corrected chi connectivity index (χ1v) is 11.5. The molecule has 0 heterocycles. The minimum absolute atomic E-state index is 0.142. The van der Waals surface area contributed by atoms with Crippen molar-refractivity contribution >= 4 is 29.7 Å². The average molecular weight is 489 g/mol. The fraction of sp³-hybridized carbons (Fsp3) is 0.762. The van der Waals surface area contributed by atoms with E-state index in [2.05, 4.69) is 16.0 Å². The van der Waals surface area contributed by atoms with Crippen LogP contribution >= 0.6 is 0 Å². The highest BCUT2D eigenvalue weighted by molar-refractivity contribution is 5.95. The number of amides is 3. The molecule has 11 N–H and O–H groups in total. The maximum Gasteiger partial charge on any atom is 0.326 e. The number of hydrogen-bond acceptors (Lipinski definition) is 8.